The number of carbonyl (C=O) groups excluding carboxylic acids is 1. The molecule has 1 N–H and O–H groups in total. The van der Waals surface area contributed by atoms with Gasteiger partial charge in [-0.3, -0.25) is 10.2 Å². The van der Waals surface area contributed by atoms with Crippen molar-refractivity contribution in [1.29, 1.82) is 5.26 Å². The molecule has 0 aliphatic carbocycles. The number of nitrogens with zero attached hydrogens (tertiary/aromatic N) is 5. The van der Waals surface area contributed by atoms with E-state index in [4.69, 9.17) is 5.26 Å². The largest absolute Gasteiger partial charge is 0.329 e. The van der Waals surface area contributed by atoms with Crippen molar-refractivity contribution in [3.05, 3.63) is 23.7 Å². The Kier molecular flexibility index (Phi) is 2.68. The summed E-state index contributed by atoms with van der Waals surface area (Å²) in [5.74, 6) is 0.622. The summed E-state index contributed by atoms with van der Waals surface area (Å²) in [6.07, 6.45) is 3.49. The smallest absolute Gasteiger partial charge is 0.315 e. The number of nitrogens with one attached hydrogen (secondary N) is 1. The maximum atomic E-state index is 12.2. The highest BCUT2D eigenvalue weighted by atomic mass is 32.1. The molecule has 1 aliphatic heterocycles. The summed E-state index contributed by atoms with van der Waals surface area (Å²) in [7, 11) is 0. The molecular formula is C11H10N6OS. The normalized spacial score (nSPS) is 13.2. The number of fused-ring (bicyclic) bond motifs is 1. The topological polar surface area (TPSA) is 86.8 Å². The Morgan fingerprint density at radius 1 is 1.58 bits per heavy atom. The second kappa shape index (κ2) is 4.37. The number of hydrogen-bond donors (Lipinski definition) is 1. The number of nitriles is 1. The van der Waals surface area contributed by atoms with Crippen LogP contribution in [0.2, 0.25) is 0 Å². The van der Waals surface area contributed by atoms with Gasteiger partial charge in [0, 0.05) is 25.5 Å². The van der Waals surface area contributed by atoms with Crippen LogP contribution in [0.4, 0.5) is 15.7 Å². The average Bonchev–Trinajstić information content (AvgIpc) is 3.04. The lowest BCUT2D eigenvalue weighted by Crippen LogP contribution is -2.33. The lowest BCUT2D eigenvalue weighted by molar-refractivity contribution is 0.257. The molecule has 0 unspecified atom stereocenters. The molecule has 1 aliphatic rings. The molecule has 96 valence electrons. The fourth-order valence-corrected chi connectivity index (χ4v) is 2.71. The van der Waals surface area contributed by atoms with Gasteiger partial charge in [-0.2, -0.15) is 9.64 Å². The number of rotatable bonds is 1. The van der Waals surface area contributed by atoms with Crippen LogP contribution < -0.4 is 10.2 Å². The third-order valence-corrected chi connectivity index (χ3v) is 3.79. The molecule has 0 atom stereocenters. The highest BCUT2D eigenvalue weighted by Gasteiger charge is 2.26. The van der Waals surface area contributed by atoms with Gasteiger partial charge in [-0.1, -0.05) is 0 Å². The van der Waals surface area contributed by atoms with Gasteiger partial charge in [-0.05, 0) is 18.5 Å². The Morgan fingerprint density at radius 3 is 3.21 bits per heavy atom. The van der Waals surface area contributed by atoms with Crippen LogP contribution in [-0.2, 0) is 6.54 Å². The molecule has 0 bridgehead atoms. The highest BCUT2D eigenvalue weighted by molar-refractivity contribution is 7.10. The minimum atomic E-state index is -0.287. The van der Waals surface area contributed by atoms with Gasteiger partial charge in [0.15, 0.2) is 0 Å². The number of amides is 2. The van der Waals surface area contributed by atoms with Crippen molar-refractivity contribution in [2.75, 3.05) is 16.8 Å². The summed E-state index contributed by atoms with van der Waals surface area (Å²) in [5, 5.41) is 12.2. The zero-order valence-electron chi connectivity index (χ0n) is 10.1. The van der Waals surface area contributed by atoms with E-state index in [0.29, 0.717) is 28.8 Å². The number of hydrogen-bond acceptors (Lipinski definition) is 5. The SMILES string of the molecule is Cc1nsc(NC(=O)N2CCn3ccnc32)c1C#N. The molecular weight excluding hydrogens is 264 g/mol. The van der Waals surface area contributed by atoms with E-state index in [2.05, 4.69) is 14.7 Å². The van der Waals surface area contributed by atoms with Crippen molar-refractivity contribution in [3.63, 3.8) is 0 Å². The van der Waals surface area contributed by atoms with Crippen LogP contribution >= 0.6 is 11.5 Å². The Bertz CT molecular complexity index is 682. The van der Waals surface area contributed by atoms with Gasteiger partial charge in [-0.25, -0.2) is 9.78 Å². The summed E-state index contributed by atoms with van der Waals surface area (Å²) >= 11 is 1.11. The molecule has 0 aromatic carbocycles. The summed E-state index contributed by atoms with van der Waals surface area (Å²) in [6.45, 7) is 3.05. The van der Waals surface area contributed by atoms with Crippen LogP contribution in [0.1, 0.15) is 11.3 Å². The predicted octanol–water partition coefficient (Wildman–Crippen LogP) is 1.57. The van der Waals surface area contributed by atoms with Crippen molar-refractivity contribution < 1.29 is 4.79 Å². The van der Waals surface area contributed by atoms with E-state index in [1.54, 1.807) is 18.0 Å². The molecule has 3 heterocycles. The number of aromatic nitrogens is 3. The van der Waals surface area contributed by atoms with Crippen LogP contribution in [0, 0.1) is 18.3 Å². The van der Waals surface area contributed by atoms with Gasteiger partial charge >= 0.3 is 6.03 Å². The molecule has 0 saturated carbocycles. The van der Waals surface area contributed by atoms with E-state index < -0.39 is 0 Å². The first-order chi connectivity index (χ1) is 9.20. The summed E-state index contributed by atoms with van der Waals surface area (Å²) < 4.78 is 5.97. The molecule has 0 radical (unpaired) electrons. The van der Waals surface area contributed by atoms with Crippen LogP contribution in [0.25, 0.3) is 0 Å². The second-order valence-electron chi connectivity index (χ2n) is 4.09. The molecule has 19 heavy (non-hydrogen) atoms. The number of anilines is 2. The lowest BCUT2D eigenvalue weighted by Gasteiger charge is -2.13. The molecule has 2 aromatic rings. The first-order valence-electron chi connectivity index (χ1n) is 5.66. The van der Waals surface area contributed by atoms with E-state index in [9.17, 15) is 4.79 Å². The van der Waals surface area contributed by atoms with Crippen molar-refractivity contribution >= 4 is 28.5 Å². The van der Waals surface area contributed by atoms with E-state index in [0.717, 1.165) is 18.1 Å². The predicted molar refractivity (Wildman–Crippen MR) is 70.2 cm³/mol. The number of imidazole rings is 1. The Balaban J connectivity index is 1.82. The van der Waals surface area contributed by atoms with Gasteiger partial charge in [-0.15, -0.1) is 0 Å². The summed E-state index contributed by atoms with van der Waals surface area (Å²) in [4.78, 5) is 17.9. The standard InChI is InChI=1S/C11H10N6OS/c1-7-8(6-12)9(19-15-7)14-11(18)17-5-4-16-3-2-13-10(16)17/h2-3H,4-5H2,1H3,(H,14,18). The number of carbonyl (C=O) groups is 1. The average molecular weight is 274 g/mol. The Hall–Kier alpha value is -2.40. The van der Waals surface area contributed by atoms with Crippen LogP contribution in [-0.4, -0.2) is 26.5 Å². The first kappa shape index (κ1) is 11.7. The van der Waals surface area contributed by atoms with Crippen molar-refractivity contribution in [1.82, 2.24) is 13.9 Å². The fourth-order valence-electron chi connectivity index (χ4n) is 1.97. The van der Waals surface area contributed by atoms with E-state index in [-0.39, 0.29) is 6.03 Å². The number of urea groups is 1. The minimum absolute atomic E-state index is 0.287. The van der Waals surface area contributed by atoms with Crippen molar-refractivity contribution in [2.45, 2.75) is 13.5 Å². The third-order valence-electron chi connectivity index (χ3n) is 2.94. The van der Waals surface area contributed by atoms with Gasteiger partial charge in [0.05, 0.1) is 5.69 Å². The first-order valence-corrected chi connectivity index (χ1v) is 6.44. The third kappa shape index (κ3) is 1.84. The Morgan fingerprint density at radius 2 is 2.42 bits per heavy atom. The van der Waals surface area contributed by atoms with E-state index >= 15 is 0 Å². The molecule has 7 nitrogen and oxygen atoms in total. The fraction of sp³-hybridized carbons (Fsp3) is 0.273. The minimum Gasteiger partial charge on any atom is -0.315 e. The second-order valence-corrected chi connectivity index (χ2v) is 4.86. The van der Waals surface area contributed by atoms with Crippen LogP contribution in [0.15, 0.2) is 12.4 Å². The molecule has 8 heteroatoms. The Labute approximate surface area is 113 Å². The van der Waals surface area contributed by atoms with Gasteiger partial charge in [0.1, 0.15) is 16.6 Å². The van der Waals surface area contributed by atoms with Crippen LogP contribution in [0.5, 0.6) is 0 Å². The molecule has 0 spiro atoms. The number of aryl methyl sites for hydroxylation is 1. The van der Waals surface area contributed by atoms with Crippen LogP contribution in [0.3, 0.4) is 0 Å². The quantitative estimate of drug-likeness (QED) is 0.855. The summed E-state index contributed by atoms with van der Waals surface area (Å²) in [5.41, 5.74) is 1.05. The van der Waals surface area contributed by atoms with E-state index in [1.807, 2.05) is 16.8 Å². The summed E-state index contributed by atoms with van der Waals surface area (Å²) in [6, 6.07) is 1.76. The zero-order chi connectivity index (χ0) is 13.4. The monoisotopic (exact) mass is 274 g/mol. The lowest BCUT2D eigenvalue weighted by atomic mass is 10.3. The molecule has 3 rings (SSSR count). The maximum absolute atomic E-state index is 12.2. The van der Waals surface area contributed by atoms with Gasteiger partial charge in [0.25, 0.3) is 0 Å². The van der Waals surface area contributed by atoms with Gasteiger partial charge < -0.3 is 4.57 Å². The zero-order valence-corrected chi connectivity index (χ0v) is 10.9. The molecule has 0 fully saturated rings. The van der Waals surface area contributed by atoms with Crippen molar-refractivity contribution in [2.24, 2.45) is 0 Å². The molecule has 2 amide bonds. The van der Waals surface area contributed by atoms with Gasteiger partial charge in [0.2, 0.25) is 5.95 Å². The highest BCUT2D eigenvalue weighted by Crippen LogP contribution is 2.25. The molecule has 0 saturated heterocycles. The maximum Gasteiger partial charge on any atom is 0.329 e. The molecule has 2 aromatic heterocycles. The van der Waals surface area contributed by atoms with E-state index in [1.165, 1.54) is 0 Å². The van der Waals surface area contributed by atoms with Crippen molar-refractivity contribution in [3.8, 4) is 6.07 Å².